The maximum atomic E-state index is 12.4. The van der Waals surface area contributed by atoms with Gasteiger partial charge in [-0.25, -0.2) is 0 Å². The van der Waals surface area contributed by atoms with E-state index in [2.05, 4.69) is 21.2 Å². The summed E-state index contributed by atoms with van der Waals surface area (Å²) in [5.74, 6) is 0.0927. The lowest BCUT2D eigenvalue weighted by Crippen LogP contribution is -2.41. The van der Waals surface area contributed by atoms with Gasteiger partial charge in [0.05, 0.1) is 18.1 Å². The Labute approximate surface area is 148 Å². The van der Waals surface area contributed by atoms with E-state index in [0.717, 1.165) is 63.4 Å². The van der Waals surface area contributed by atoms with E-state index in [4.69, 9.17) is 4.74 Å². The first-order chi connectivity index (χ1) is 11.8. The fourth-order valence-electron chi connectivity index (χ4n) is 4.07. The largest absolute Gasteiger partial charge is 0.379 e. The van der Waals surface area contributed by atoms with Gasteiger partial charge in [0.2, 0.25) is 0 Å². The van der Waals surface area contributed by atoms with Crippen LogP contribution < -0.4 is 5.32 Å². The number of thiophene rings is 1. The molecule has 4 rings (SSSR count). The molecule has 1 N–H and O–H groups in total. The molecule has 1 aromatic heterocycles. The summed E-state index contributed by atoms with van der Waals surface area (Å²) in [6.45, 7) is 7.28. The van der Waals surface area contributed by atoms with E-state index in [1.54, 1.807) is 11.3 Å². The molecule has 2 fully saturated rings. The number of nitrogens with zero attached hydrogens (tertiary/aromatic N) is 2. The molecule has 0 atom stereocenters. The zero-order valence-corrected chi connectivity index (χ0v) is 15.1. The second-order valence-corrected chi connectivity index (χ2v) is 8.25. The number of nitrogens with one attached hydrogen (secondary N) is 1. The molecule has 3 heterocycles. The molecule has 24 heavy (non-hydrogen) atoms. The number of hydrogen-bond donors (Lipinski definition) is 1. The number of carbonyl (C=O) groups is 1. The van der Waals surface area contributed by atoms with Gasteiger partial charge in [0.1, 0.15) is 0 Å². The highest BCUT2D eigenvalue weighted by Crippen LogP contribution is 2.35. The zero-order valence-electron chi connectivity index (χ0n) is 14.3. The third-order valence-electron chi connectivity index (χ3n) is 5.50. The Morgan fingerprint density at radius 1 is 1.25 bits per heavy atom. The van der Waals surface area contributed by atoms with Crippen molar-refractivity contribution in [3.63, 3.8) is 0 Å². The third-order valence-corrected chi connectivity index (χ3v) is 6.66. The molecule has 5 nitrogen and oxygen atoms in total. The Bertz CT molecular complexity index is 553. The Kier molecular flexibility index (Phi) is 5.17. The van der Waals surface area contributed by atoms with Crippen molar-refractivity contribution in [1.29, 1.82) is 0 Å². The number of fused-ring (bicyclic) bond motifs is 1. The van der Waals surface area contributed by atoms with E-state index in [1.165, 1.54) is 36.1 Å². The number of ether oxygens (including phenoxy) is 1. The molecule has 0 unspecified atom stereocenters. The first-order valence-corrected chi connectivity index (χ1v) is 10.1. The van der Waals surface area contributed by atoms with E-state index in [9.17, 15) is 4.79 Å². The molecule has 2 aliphatic heterocycles. The van der Waals surface area contributed by atoms with Crippen molar-refractivity contribution in [3.05, 3.63) is 21.4 Å². The van der Waals surface area contributed by atoms with E-state index < -0.39 is 0 Å². The van der Waals surface area contributed by atoms with Crippen LogP contribution in [-0.4, -0.2) is 61.1 Å². The predicted molar refractivity (Wildman–Crippen MR) is 95.4 cm³/mol. The minimum atomic E-state index is 0.0927. The van der Waals surface area contributed by atoms with Crippen LogP contribution in [0, 0.1) is 0 Å². The van der Waals surface area contributed by atoms with E-state index in [1.807, 2.05) is 0 Å². The fraction of sp³-hybridized carbons (Fsp3) is 0.722. The van der Waals surface area contributed by atoms with Gasteiger partial charge in [0.15, 0.2) is 0 Å². The van der Waals surface area contributed by atoms with Crippen molar-refractivity contribution >= 4 is 17.2 Å². The summed E-state index contributed by atoms with van der Waals surface area (Å²) < 4.78 is 5.35. The Hall–Kier alpha value is -0.950. The molecule has 0 bridgehead atoms. The van der Waals surface area contributed by atoms with Gasteiger partial charge in [-0.05, 0) is 24.5 Å². The Morgan fingerprint density at radius 2 is 2.04 bits per heavy atom. The summed E-state index contributed by atoms with van der Waals surface area (Å²) in [5, 5.41) is 3.08. The number of hydrogen-bond acceptors (Lipinski definition) is 5. The first kappa shape index (κ1) is 16.5. The van der Waals surface area contributed by atoms with E-state index in [-0.39, 0.29) is 5.91 Å². The second-order valence-electron chi connectivity index (χ2n) is 7.11. The zero-order chi connectivity index (χ0) is 16.4. The molecule has 1 amide bonds. The number of amides is 1. The molecule has 1 aromatic rings. The van der Waals surface area contributed by atoms with Crippen molar-refractivity contribution in [1.82, 2.24) is 15.1 Å². The smallest absolute Gasteiger partial charge is 0.261 e. The van der Waals surface area contributed by atoms with Crippen LogP contribution in [0.1, 0.15) is 45.8 Å². The first-order valence-electron chi connectivity index (χ1n) is 9.23. The average Bonchev–Trinajstić information content (AvgIpc) is 3.31. The summed E-state index contributed by atoms with van der Waals surface area (Å²) in [6.07, 6.45) is 5.46. The normalized spacial score (nSPS) is 22.8. The maximum absolute atomic E-state index is 12.4. The van der Waals surface area contributed by atoms with Crippen LogP contribution in [0.3, 0.4) is 0 Å². The van der Waals surface area contributed by atoms with Gasteiger partial charge in [0.25, 0.3) is 5.91 Å². The summed E-state index contributed by atoms with van der Waals surface area (Å²) in [6, 6.07) is 2.90. The molecule has 3 aliphatic rings. The second kappa shape index (κ2) is 7.52. The summed E-state index contributed by atoms with van der Waals surface area (Å²) in [5.41, 5.74) is 1.38. The summed E-state index contributed by atoms with van der Waals surface area (Å²) in [4.78, 5) is 19.6. The quantitative estimate of drug-likeness (QED) is 0.884. The molecule has 0 aromatic carbocycles. The summed E-state index contributed by atoms with van der Waals surface area (Å²) >= 11 is 1.69. The Balaban J connectivity index is 1.25. The average molecular weight is 350 g/mol. The van der Waals surface area contributed by atoms with Crippen LogP contribution in [0.2, 0.25) is 0 Å². The standard InChI is InChI=1S/C18H27N3O2S/c22-18(19-5-6-20-7-9-23-10-8-20)16-11-14-12-21(13-17(14)24-16)15-3-1-2-4-15/h11,15H,1-10,12-13H2,(H,19,22). The van der Waals surface area contributed by atoms with Crippen LogP contribution in [0.25, 0.3) is 0 Å². The van der Waals surface area contributed by atoms with Crippen LogP contribution in [0.4, 0.5) is 0 Å². The van der Waals surface area contributed by atoms with Gasteiger partial charge in [-0.1, -0.05) is 12.8 Å². The van der Waals surface area contributed by atoms with E-state index >= 15 is 0 Å². The minimum absolute atomic E-state index is 0.0927. The molecular formula is C18H27N3O2S. The van der Waals surface area contributed by atoms with Crippen LogP contribution in [0.5, 0.6) is 0 Å². The number of rotatable bonds is 5. The third kappa shape index (κ3) is 3.67. The van der Waals surface area contributed by atoms with Gasteiger partial charge >= 0.3 is 0 Å². The molecule has 1 saturated carbocycles. The van der Waals surface area contributed by atoms with Crippen molar-refractivity contribution in [2.75, 3.05) is 39.4 Å². The van der Waals surface area contributed by atoms with Crippen LogP contribution in [-0.2, 0) is 17.8 Å². The van der Waals surface area contributed by atoms with Gasteiger partial charge in [-0.15, -0.1) is 11.3 Å². The van der Waals surface area contributed by atoms with Crippen LogP contribution in [0.15, 0.2) is 6.07 Å². The van der Waals surface area contributed by atoms with Gasteiger partial charge < -0.3 is 10.1 Å². The molecule has 6 heteroatoms. The van der Waals surface area contributed by atoms with Gasteiger partial charge in [-0.3, -0.25) is 14.6 Å². The van der Waals surface area contributed by atoms with Crippen molar-refractivity contribution < 1.29 is 9.53 Å². The number of carbonyl (C=O) groups excluding carboxylic acids is 1. The van der Waals surface area contributed by atoms with Gasteiger partial charge in [0, 0.05) is 50.2 Å². The highest BCUT2D eigenvalue weighted by molar-refractivity contribution is 7.14. The molecule has 132 valence electrons. The highest BCUT2D eigenvalue weighted by atomic mass is 32.1. The fourth-order valence-corrected chi connectivity index (χ4v) is 5.19. The molecule has 1 aliphatic carbocycles. The highest BCUT2D eigenvalue weighted by Gasteiger charge is 2.30. The lowest BCUT2D eigenvalue weighted by atomic mass is 10.2. The van der Waals surface area contributed by atoms with E-state index in [0.29, 0.717) is 0 Å². The van der Waals surface area contributed by atoms with Crippen molar-refractivity contribution in [3.8, 4) is 0 Å². The monoisotopic (exact) mass is 349 g/mol. The topological polar surface area (TPSA) is 44.8 Å². The van der Waals surface area contributed by atoms with Crippen molar-refractivity contribution in [2.24, 2.45) is 0 Å². The Morgan fingerprint density at radius 3 is 2.79 bits per heavy atom. The molecule has 1 saturated heterocycles. The maximum Gasteiger partial charge on any atom is 0.261 e. The van der Waals surface area contributed by atoms with Crippen LogP contribution >= 0.6 is 11.3 Å². The molecular weight excluding hydrogens is 322 g/mol. The van der Waals surface area contributed by atoms with Gasteiger partial charge in [-0.2, -0.15) is 0 Å². The summed E-state index contributed by atoms with van der Waals surface area (Å²) in [7, 11) is 0. The predicted octanol–water partition coefficient (Wildman–Crippen LogP) is 2.07. The molecule has 0 radical (unpaired) electrons. The number of morpholine rings is 1. The lowest BCUT2D eigenvalue weighted by molar-refractivity contribution is 0.0383. The van der Waals surface area contributed by atoms with Crippen molar-refractivity contribution in [2.45, 2.75) is 44.8 Å². The molecule has 0 spiro atoms. The minimum Gasteiger partial charge on any atom is -0.379 e. The lowest BCUT2D eigenvalue weighted by Gasteiger charge is -2.26. The SMILES string of the molecule is O=C(NCCN1CCOCC1)c1cc2c(s1)CN(C1CCCC1)C2.